The van der Waals surface area contributed by atoms with Crippen molar-refractivity contribution in [2.75, 3.05) is 52.9 Å². The highest BCUT2D eigenvalue weighted by atomic mass is 16.5. The van der Waals surface area contributed by atoms with Gasteiger partial charge in [-0.3, -0.25) is 9.59 Å². The maximum absolute atomic E-state index is 12.8. The third-order valence-corrected chi connectivity index (χ3v) is 6.60. The van der Waals surface area contributed by atoms with Crippen molar-refractivity contribution in [2.45, 2.75) is 12.5 Å². The summed E-state index contributed by atoms with van der Waals surface area (Å²) >= 11 is 0. The highest BCUT2D eigenvalue weighted by molar-refractivity contribution is 6.34. The number of hydrogen-bond acceptors (Lipinski definition) is 10. The summed E-state index contributed by atoms with van der Waals surface area (Å²) in [4.78, 5) is 36.1. The van der Waals surface area contributed by atoms with Crippen LogP contribution < -0.4 is 19.5 Å². The monoisotopic (exact) mass is 530 g/mol. The van der Waals surface area contributed by atoms with Crippen molar-refractivity contribution in [3.8, 4) is 17.2 Å². The largest absolute Gasteiger partial charge is 0.493 e. The molecular formula is C29H30N4O6. The SMILES string of the molecule is COCCOc1cc2ncnc(Nc3ccc(OC4CCN(C)C4)cc3C3=CC(=O)C=CC3=O)c2cc1OC. The molecule has 1 aliphatic heterocycles. The summed E-state index contributed by atoms with van der Waals surface area (Å²) in [5, 5.41) is 4.03. The van der Waals surface area contributed by atoms with E-state index in [9.17, 15) is 9.59 Å². The van der Waals surface area contributed by atoms with Crippen LogP contribution in [-0.4, -0.2) is 80.1 Å². The number of methoxy groups -OCH3 is 2. The first-order valence-electron chi connectivity index (χ1n) is 12.6. The summed E-state index contributed by atoms with van der Waals surface area (Å²) in [6.45, 7) is 2.58. The number of nitrogens with one attached hydrogen (secondary N) is 1. The molecule has 0 radical (unpaired) electrons. The van der Waals surface area contributed by atoms with Crippen LogP contribution in [0.4, 0.5) is 11.5 Å². The van der Waals surface area contributed by atoms with Crippen molar-refractivity contribution in [1.29, 1.82) is 0 Å². The van der Waals surface area contributed by atoms with E-state index in [4.69, 9.17) is 18.9 Å². The van der Waals surface area contributed by atoms with E-state index in [1.54, 1.807) is 32.4 Å². The lowest BCUT2D eigenvalue weighted by Gasteiger charge is -2.19. The van der Waals surface area contributed by atoms with Gasteiger partial charge in [0.1, 0.15) is 30.6 Å². The van der Waals surface area contributed by atoms with Crippen LogP contribution in [0.15, 0.2) is 54.9 Å². The summed E-state index contributed by atoms with van der Waals surface area (Å²) in [5.74, 6) is 1.66. The number of likely N-dealkylation sites (tertiary alicyclic amines) is 1. The first-order valence-corrected chi connectivity index (χ1v) is 12.6. The molecule has 1 fully saturated rings. The maximum atomic E-state index is 12.8. The number of likely N-dealkylation sites (N-methyl/N-ethyl adjacent to an activating group) is 1. The number of allylic oxidation sites excluding steroid dienone is 4. The third-order valence-electron chi connectivity index (χ3n) is 6.60. The molecule has 39 heavy (non-hydrogen) atoms. The van der Waals surface area contributed by atoms with Gasteiger partial charge in [-0.05, 0) is 56.0 Å². The normalized spacial score (nSPS) is 17.4. The number of ether oxygens (including phenoxy) is 4. The number of carbonyl (C=O) groups is 2. The van der Waals surface area contributed by atoms with Crippen molar-refractivity contribution in [2.24, 2.45) is 0 Å². The number of benzene rings is 2. The first-order chi connectivity index (χ1) is 18.9. The van der Waals surface area contributed by atoms with Crippen LogP contribution in [0.1, 0.15) is 12.0 Å². The van der Waals surface area contributed by atoms with E-state index >= 15 is 0 Å². The number of nitrogens with zero attached hydrogens (tertiary/aromatic N) is 3. The number of hydrogen-bond donors (Lipinski definition) is 1. The Morgan fingerprint density at radius 2 is 1.92 bits per heavy atom. The van der Waals surface area contributed by atoms with Gasteiger partial charge in [0, 0.05) is 48.5 Å². The van der Waals surface area contributed by atoms with Crippen LogP contribution in [-0.2, 0) is 14.3 Å². The van der Waals surface area contributed by atoms with E-state index in [-0.39, 0.29) is 23.2 Å². The smallest absolute Gasteiger partial charge is 0.186 e. The average Bonchev–Trinajstić information content (AvgIpc) is 3.35. The van der Waals surface area contributed by atoms with E-state index in [0.717, 1.165) is 19.5 Å². The fourth-order valence-electron chi connectivity index (χ4n) is 4.63. The van der Waals surface area contributed by atoms with Gasteiger partial charge < -0.3 is 29.2 Å². The summed E-state index contributed by atoms with van der Waals surface area (Å²) in [5.41, 5.74) is 2.05. The molecule has 0 bridgehead atoms. The van der Waals surface area contributed by atoms with Crippen LogP contribution in [0.25, 0.3) is 16.5 Å². The molecule has 1 saturated heterocycles. The van der Waals surface area contributed by atoms with Gasteiger partial charge in [-0.1, -0.05) is 0 Å². The van der Waals surface area contributed by atoms with Gasteiger partial charge in [0.15, 0.2) is 23.1 Å². The summed E-state index contributed by atoms with van der Waals surface area (Å²) in [7, 11) is 5.22. The van der Waals surface area contributed by atoms with Gasteiger partial charge in [0.05, 0.1) is 19.2 Å². The van der Waals surface area contributed by atoms with Crippen molar-refractivity contribution < 1.29 is 28.5 Å². The standard InChI is InChI=1S/C29H30N4O6/c1-33-9-8-20(16-33)39-19-5-6-24(21(13-19)22-12-18(34)4-7-26(22)35)32-29-23-14-27(37-3)28(38-11-10-36-2)15-25(23)30-17-31-29/h4-7,12-15,17,20H,8-11,16H2,1-3H3,(H,30,31,32). The molecule has 0 amide bonds. The average molecular weight is 531 g/mol. The molecule has 2 aromatic carbocycles. The quantitative estimate of drug-likeness (QED) is 0.308. The molecule has 10 heteroatoms. The molecule has 1 unspecified atom stereocenters. The predicted molar refractivity (Wildman–Crippen MR) is 147 cm³/mol. The van der Waals surface area contributed by atoms with Gasteiger partial charge in [-0.2, -0.15) is 0 Å². The van der Waals surface area contributed by atoms with Crippen molar-refractivity contribution in [3.63, 3.8) is 0 Å². The Bertz CT molecular complexity index is 1470. The molecule has 1 aromatic heterocycles. The molecular weight excluding hydrogens is 500 g/mol. The van der Waals surface area contributed by atoms with E-state index < -0.39 is 0 Å². The van der Waals surface area contributed by atoms with Crippen molar-refractivity contribution in [3.05, 3.63) is 60.5 Å². The van der Waals surface area contributed by atoms with E-state index in [0.29, 0.717) is 58.4 Å². The number of carbonyl (C=O) groups excluding carboxylic acids is 2. The zero-order chi connectivity index (χ0) is 27.4. The molecule has 2 aliphatic rings. The molecule has 10 nitrogen and oxygen atoms in total. The number of fused-ring (bicyclic) bond motifs is 1. The summed E-state index contributed by atoms with van der Waals surface area (Å²) in [6.07, 6.45) is 6.32. The minimum atomic E-state index is -0.262. The minimum absolute atomic E-state index is 0.0535. The molecule has 1 N–H and O–H groups in total. The van der Waals surface area contributed by atoms with Crippen LogP contribution in [0.5, 0.6) is 17.2 Å². The zero-order valence-corrected chi connectivity index (χ0v) is 22.1. The topological polar surface area (TPSA) is 112 Å². The Kier molecular flexibility index (Phi) is 7.85. The second kappa shape index (κ2) is 11.6. The van der Waals surface area contributed by atoms with Gasteiger partial charge >= 0.3 is 0 Å². The molecule has 5 rings (SSSR count). The lowest BCUT2D eigenvalue weighted by atomic mass is 9.94. The van der Waals surface area contributed by atoms with Gasteiger partial charge in [-0.15, -0.1) is 0 Å². The lowest BCUT2D eigenvalue weighted by Crippen LogP contribution is -2.21. The second-order valence-corrected chi connectivity index (χ2v) is 9.36. The van der Waals surface area contributed by atoms with Crippen LogP contribution in [0.3, 0.4) is 0 Å². The van der Waals surface area contributed by atoms with Gasteiger partial charge in [0.25, 0.3) is 0 Å². The van der Waals surface area contributed by atoms with Gasteiger partial charge in [-0.25, -0.2) is 9.97 Å². The minimum Gasteiger partial charge on any atom is -0.493 e. The second-order valence-electron chi connectivity index (χ2n) is 9.36. The molecule has 202 valence electrons. The zero-order valence-electron chi connectivity index (χ0n) is 22.1. The molecule has 1 aliphatic carbocycles. The third kappa shape index (κ3) is 5.92. The summed E-state index contributed by atoms with van der Waals surface area (Å²) < 4.78 is 22.6. The Morgan fingerprint density at radius 3 is 2.69 bits per heavy atom. The number of aromatic nitrogens is 2. The Hall–Kier alpha value is -4.28. The first kappa shape index (κ1) is 26.3. The van der Waals surface area contributed by atoms with Crippen LogP contribution in [0.2, 0.25) is 0 Å². The molecule has 0 saturated carbocycles. The number of rotatable bonds is 10. The highest BCUT2D eigenvalue weighted by Crippen LogP contribution is 2.37. The van der Waals surface area contributed by atoms with E-state index in [1.807, 2.05) is 12.1 Å². The molecule has 0 spiro atoms. The van der Waals surface area contributed by atoms with Crippen LogP contribution >= 0.6 is 0 Å². The Morgan fingerprint density at radius 1 is 1.05 bits per heavy atom. The fourth-order valence-corrected chi connectivity index (χ4v) is 4.63. The number of anilines is 2. The highest BCUT2D eigenvalue weighted by Gasteiger charge is 2.24. The maximum Gasteiger partial charge on any atom is 0.186 e. The predicted octanol–water partition coefficient (Wildman–Crippen LogP) is 3.58. The Balaban J connectivity index is 1.52. The molecule has 1 atom stereocenters. The molecule has 3 aromatic rings. The van der Waals surface area contributed by atoms with E-state index in [2.05, 4.69) is 27.2 Å². The van der Waals surface area contributed by atoms with Crippen molar-refractivity contribution in [1.82, 2.24) is 14.9 Å². The Labute approximate surface area is 226 Å². The van der Waals surface area contributed by atoms with Gasteiger partial charge in [0.2, 0.25) is 0 Å². The molecule has 2 heterocycles. The summed E-state index contributed by atoms with van der Waals surface area (Å²) in [6, 6.07) is 9.05. The van der Waals surface area contributed by atoms with Crippen LogP contribution in [0, 0.1) is 0 Å². The lowest BCUT2D eigenvalue weighted by molar-refractivity contribution is -0.113. The van der Waals surface area contributed by atoms with Crippen molar-refractivity contribution >= 4 is 39.5 Å². The van der Waals surface area contributed by atoms with E-state index in [1.165, 1.54) is 24.6 Å². The number of ketones is 2. The fraction of sp³-hybridized carbons (Fsp3) is 0.310.